The van der Waals surface area contributed by atoms with Crippen molar-refractivity contribution in [2.75, 3.05) is 0 Å². The van der Waals surface area contributed by atoms with Crippen molar-refractivity contribution in [3.05, 3.63) is 29.3 Å². The molecule has 3 unspecified atom stereocenters. The molecular formula is C18H26N2O3. The van der Waals surface area contributed by atoms with E-state index in [1.54, 1.807) is 6.07 Å². The van der Waals surface area contributed by atoms with Gasteiger partial charge in [-0.05, 0) is 69.7 Å². The Labute approximate surface area is 137 Å². The minimum Gasteiger partial charge on any atom is -0.508 e. The first-order valence-corrected chi connectivity index (χ1v) is 8.39. The van der Waals surface area contributed by atoms with E-state index in [1.165, 1.54) is 11.1 Å². The van der Waals surface area contributed by atoms with Gasteiger partial charge in [-0.3, -0.25) is 0 Å². The molecule has 3 rings (SSSR count). The van der Waals surface area contributed by atoms with E-state index in [0.717, 1.165) is 25.7 Å². The van der Waals surface area contributed by atoms with Crippen LogP contribution in [0.1, 0.15) is 57.2 Å². The first-order chi connectivity index (χ1) is 10.8. The van der Waals surface area contributed by atoms with E-state index in [-0.39, 0.29) is 24.2 Å². The number of nitrogens with one attached hydrogen (secondary N) is 2. The maximum absolute atomic E-state index is 11.8. The molecule has 0 aliphatic heterocycles. The van der Waals surface area contributed by atoms with E-state index < -0.39 is 5.60 Å². The van der Waals surface area contributed by atoms with Gasteiger partial charge in [-0.15, -0.1) is 0 Å². The van der Waals surface area contributed by atoms with Crippen LogP contribution in [-0.4, -0.2) is 28.9 Å². The van der Waals surface area contributed by atoms with Gasteiger partial charge >= 0.3 is 6.09 Å². The van der Waals surface area contributed by atoms with Crippen molar-refractivity contribution in [3.63, 3.8) is 0 Å². The number of amides is 1. The molecule has 0 aromatic heterocycles. The van der Waals surface area contributed by atoms with E-state index in [2.05, 4.69) is 10.6 Å². The van der Waals surface area contributed by atoms with Crippen molar-refractivity contribution < 1.29 is 14.6 Å². The number of hydrogen-bond donors (Lipinski definition) is 3. The average Bonchev–Trinajstić information content (AvgIpc) is 3.15. The van der Waals surface area contributed by atoms with Gasteiger partial charge in [0.2, 0.25) is 0 Å². The molecule has 23 heavy (non-hydrogen) atoms. The van der Waals surface area contributed by atoms with E-state index in [0.29, 0.717) is 5.75 Å². The molecule has 5 heteroatoms. The zero-order chi connectivity index (χ0) is 16.6. The van der Waals surface area contributed by atoms with Gasteiger partial charge in [-0.25, -0.2) is 4.79 Å². The monoisotopic (exact) mass is 318 g/mol. The molecule has 126 valence electrons. The van der Waals surface area contributed by atoms with Gasteiger partial charge < -0.3 is 20.5 Å². The Hall–Kier alpha value is -1.75. The number of hydrogen-bond acceptors (Lipinski definition) is 4. The summed E-state index contributed by atoms with van der Waals surface area (Å²) in [5, 5.41) is 16.3. The molecule has 1 fully saturated rings. The smallest absolute Gasteiger partial charge is 0.407 e. The summed E-state index contributed by atoms with van der Waals surface area (Å²) >= 11 is 0. The molecule has 1 aromatic carbocycles. The van der Waals surface area contributed by atoms with E-state index in [9.17, 15) is 9.90 Å². The molecule has 0 saturated heterocycles. The largest absolute Gasteiger partial charge is 0.508 e. The van der Waals surface area contributed by atoms with Gasteiger partial charge in [-0.2, -0.15) is 0 Å². The molecule has 0 bridgehead atoms. The second-order valence-corrected chi connectivity index (χ2v) is 7.59. The number of carbonyl (C=O) groups is 1. The lowest BCUT2D eigenvalue weighted by Crippen LogP contribution is -2.37. The van der Waals surface area contributed by atoms with Crippen LogP contribution >= 0.6 is 0 Å². The summed E-state index contributed by atoms with van der Waals surface area (Å²) in [6, 6.07) is 6.30. The summed E-state index contributed by atoms with van der Waals surface area (Å²) in [4.78, 5) is 11.8. The summed E-state index contributed by atoms with van der Waals surface area (Å²) in [7, 11) is 0. The topological polar surface area (TPSA) is 70.6 Å². The van der Waals surface area contributed by atoms with Crippen LogP contribution in [0.4, 0.5) is 4.79 Å². The van der Waals surface area contributed by atoms with Gasteiger partial charge in [-0.1, -0.05) is 6.07 Å². The number of fused-ring (bicyclic) bond motifs is 1. The Kier molecular flexibility index (Phi) is 4.23. The third-order valence-corrected chi connectivity index (χ3v) is 4.35. The molecule has 1 amide bonds. The van der Waals surface area contributed by atoms with Crippen LogP contribution in [0.15, 0.2) is 18.2 Å². The van der Waals surface area contributed by atoms with Crippen LogP contribution in [0.2, 0.25) is 0 Å². The SMILES string of the molecule is CC(C)(C)OC(=O)NC1CC1NC1CCCc2ccc(O)cc21. The number of alkyl carbamates (subject to hydrolysis) is 1. The third kappa shape index (κ3) is 4.16. The van der Waals surface area contributed by atoms with Gasteiger partial charge in [0, 0.05) is 18.1 Å². The number of benzene rings is 1. The first-order valence-electron chi connectivity index (χ1n) is 8.39. The van der Waals surface area contributed by atoms with Crippen LogP contribution < -0.4 is 10.6 Å². The Bertz CT molecular complexity index is 594. The third-order valence-electron chi connectivity index (χ3n) is 4.35. The molecule has 0 spiro atoms. The van der Waals surface area contributed by atoms with Crippen LogP contribution in [0.25, 0.3) is 0 Å². The molecule has 1 saturated carbocycles. The van der Waals surface area contributed by atoms with Crippen LogP contribution in [-0.2, 0) is 11.2 Å². The number of carbonyl (C=O) groups excluding carboxylic acids is 1. The number of ether oxygens (including phenoxy) is 1. The maximum Gasteiger partial charge on any atom is 0.407 e. The van der Waals surface area contributed by atoms with E-state index in [1.807, 2.05) is 32.9 Å². The second-order valence-electron chi connectivity index (χ2n) is 7.59. The predicted octanol–water partition coefficient (Wildman–Crippen LogP) is 3.02. The molecule has 0 radical (unpaired) electrons. The fourth-order valence-electron chi connectivity index (χ4n) is 3.22. The number of rotatable bonds is 3. The van der Waals surface area contributed by atoms with E-state index in [4.69, 9.17) is 4.74 Å². The number of aromatic hydroxyl groups is 1. The summed E-state index contributed by atoms with van der Waals surface area (Å²) in [5.41, 5.74) is 2.03. The zero-order valence-corrected chi connectivity index (χ0v) is 14.1. The fraction of sp³-hybridized carbons (Fsp3) is 0.611. The predicted molar refractivity (Wildman–Crippen MR) is 88.5 cm³/mol. The molecule has 3 N–H and O–H groups in total. The maximum atomic E-state index is 11.8. The Balaban J connectivity index is 1.55. The molecular weight excluding hydrogens is 292 g/mol. The molecule has 2 aliphatic carbocycles. The van der Waals surface area contributed by atoms with Crippen molar-refractivity contribution in [2.24, 2.45) is 0 Å². The zero-order valence-electron chi connectivity index (χ0n) is 14.1. The number of aryl methyl sites for hydroxylation is 1. The van der Waals surface area contributed by atoms with Crippen molar-refractivity contribution in [1.82, 2.24) is 10.6 Å². The highest BCUT2D eigenvalue weighted by atomic mass is 16.6. The molecule has 0 heterocycles. The van der Waals surface area contributed by atoms with Gasteiger partial charge in [0.25, 0.3) is 0 Å². The standard InChI is InChI=1S/C18H26N2O3/c1-18(2,3)23-17(22)20-16-10-15(16)19-14-6-4-5-11-7-8-12(21)9-13(11)14/h7-9,14-16,19,21H,4-6,10H2,1-3H3,(H,20,22). The minimum absolute atomic E-state index is 0.132. The number of phenols is 1. The number of phenolic OH excluding ortho intramolecular Hbond substituents is 1. The summed E-state index contributed by atoms with van der Waals surface area (Å²) in [5.74, 6) is 0.316. The van der Waals surface area contributed by atoms with Crippen molar-refractivity contribution in [2.45, 2.75) is 70.2 Å². The van der Waals surface area contributed by atoms with Crippen molar-refractivity contribution in [1.29, 1.82) is 0 Å². The summed E-state index contributed by atoms with van der Waals surface area (Å²) in [6.45, 7) is 5.59. The van der Waals surface area contributed by atoms with Crippen LogP contribution in [0, 0.1) is 0 Å². The van der Waals surface area contributed by atoms with Gasteiger partial charge in [0.05, 0.1) is 0 Å². The van der Waals surface area contributed by atoms with Gasteiger partial charge in [0.1, 0.15) is 11.4 Å². The quantitative estimate of drug-likeness (QED) is 0.801. The van der Waals surface area contributed by atoms with Gasteiger partial charge in [0.15, 0.2) is 0 Å². The Morgan fingerprint density at radius 3 is 2.83 bits per heavy atom. The average molecular weight is 318 g/mol. The summed E-state index contributed by atoms with van der Waals surface area (Å²) < 4.78 is 5.29. The summed E-state index contributed by atoms with van der Waals surface area (Å²) in [6.07, 6.45) is 3.84. The molecule has 5 nitrogen and oxygen atoms in total. The lowest BCUT2D eigenvalue weighted by atomic mass is 9.87. The molecule has 1 aromatic rings. The van der Waals surface area contributed by atoms with Crippen molar-refractivity contribution >= 4 is 6.09 Å². The highest BCUT2D eigenvalue weighted by Crippen LogP contribution is 2.35. The second kappa shape index (κ2) is 6.04. The minimum atomic E-state index is -0.471. The molecule has 2 aliphatic rings. The van der Waals surface area contributed by atoms with Crippen molar-refractivity contribution in [3.8, 4) is 5.75 Å². The lowest BCUT2D eigenvalue weighted by Gasteiger charge is -2.27. The Morgan fingerprint density at radius 1 is 1.30 bits per heavy atom. The normalized spacial score (nSPS) is 26.3. The van der Waals surface area contributed by atoms with Crippen LogP contribution in [0.3, 0.4) is 0 Å². The fourth-order valence-corrected chi connectivity index (χ4v) is 3.22. The highest BCUT2D eigenvalue weighted by Gasteiger charge is 2.41. The first kappa shape index (κ1) is 16.1. The van der Waals surface area contributed by atoms with E-state index >= 15 is 0 Å². The molecule has 3 atom stereocenters. The highest BCUT2D eigenvalue weighted by molar-refractivity contribution is 5.68. The Morgan fingerprint density at radius 2 is 2.09 bits per heavy atom. The lowest BCUT2D eigenvalue weighted by molar-refractivity contribution is 0.0521. The van der Waals surface area contributed by atoms with Crippen LogP contribution in [0.5, 0.6) is 5.75 Å².